The molecule has 0 saturated carbocycles. The molecule has 1 saturated heterocycles. The summed E-state index contributed by atoms with van der Waals surface area (Å²) in [5.41, 5.74) is -1.24. The van der Waals surface area contributed by atoms with E-state index < -0.39 is 23.7 Å². The lowest BCUT2D eigenvalue weighted by molar-refractivity contribution is 0.0681. The van der Waals surface area contributed by atoms with Gasteiger partial charge in [-0.05, 0) is 12.8 Å². The van der Waals surface area contributed by atoms with Gasteiger partial charge in [0, 0.05) is 19.3 Å². The van der Waals surface area contributed by atoms with Gasteiger partial charge in [0.25, 0.3) is 6.43 Å². The molecule has 1 aliphatic heterocycles. The van der Waals surface area contributed by atoms with Crippen molar-refractivity contribution in [2.45, 2.75) is 32.1 Å². The molecule has 0 spiro atoms. The standard InChI is InChI=1S/C12H15F2N3O2/c13-10(14)9-8(11(18)19)7-15-12(16-9)17-5-3-1-2-4-6-17/h7,10H,1-6H2,(H,18,19). The second kappa shape index (κ2) is 5.90. The number of nitrogens with zero attached hydrogens (tertiary/aromatic N) is 3. The minimum Gasteiger partial charge on any atom is -0.478 e. The van der Waals surface area contributed by atoms with Gasteiger partial charge in [-0.2, -0.15) is 0 Å². The minimum atomic E-state index is -2.92. The molecule has 0 bridgehead atoms. The molecule has 1 fully saturated rings. The average Bonchev–Trinajstić information content (AvgIpc) is 2.66. The summed E-state index contributed by atoms with van der Waals surface area (Å²) in [5, 5.41) is 8.83. The van der Waals surface area contributed by atoms with E-state index in [1.807, 2.05) is 4.90 Å². The first-order valence-corrected chi connectivity index (χ1v) is 6.23. The van der Waals surface area contributed by atoms with Gasteiger partial charge in [0.15, 0.2) is 0 Å². The molecule has 5 nitrogen and oxygen atoms in total. The Balaban J connectivity index is 2.31. The predicted octanol–water partition coefficient (Wildman–Crippen LogP) is 2.49. The number of rotatable bonds is 3. The molecular formula is C12H15F2N3O2. The van der Waals surface area contributed by atoms with Gasteiger partial charge in [0.05, 0.1) is 0 Å². The molecule has 1 aliphatic rings. The minimum absolute atomic E-state index is 0.196. The zero-order chi connectivity index (χ0) is 13.8. The molecule has 0 atom stereocenters. The summed E-state index contributed by atoms with van der Waals surface area (Å²) in [6, 6.07) is 0. The van der Waals surface area contributed by atoms with Crippen LogP contribution in [0.2, 0.25) is 0 Å². The Morgan fingerprint density at radius 1 is 1.26 bits per heavy atom. The predicted molar refractivity (Wildman–Crippen MR) is 64.6 cm³/mol. The highest BCUT2D eigenvalue weighted by Gasteiger charge is 2.23. The lowest BCUT2D eigenvalue weighted by atomic mass is 10.2. The number of carboxylic acid groups (broad SMARTS) is 1. The molecule has 19 heavy (non-hydrogen) atoms. The van der Waals surface area contributed by atoms with E-state index in [0.29, 0.717) is 0 Å². The van der Waals surface area contributed by atoms with E-state index in [0.717, 1.165) is 45.0 Å². The quantitative estimate of drug-likeness (QED) is 0.914. The second-order valence-electron chi connectivity index (χ2n) is 4.48. The van der Waals surface area contributed by atoms with Crippen molar-refractivity contribution < 1.29 is 18.7 Å². The lowest BCUT2D eigenvalue weighted by Crippen LogP contribution is -2.27. The van der Waals surface area contributed by atoms with Crippen LogP contribution >= 0.6 is 0 Å². The van der Waals surface area contributed by atoms with E-state index in [4.69, 9.17) is 5.11 Å². The molecule has 1 N–H and O–H groups in total. The molecule has 0 aliphatic carbocycles. The third-order valence-electron chi connectivity index (χ3n) is 3.13. The Kier molecular flexibility index (Phi) is 4.24. The summed E-state index contributed by atoms with van der Waals surface area (Å²) < 4.78 is 25.7. The van der Waals surface area contributed by atoms with Crippen molar-refractivity contribution in [3.05, 3.63) is 17.5 Å². The molecule has 2 rings (SSSR count). The number of carboxylic acids is 1. The molecule has 2 heterocycles. The molecule has 7 heteroatoms. The molecule has 0 amide bonds. The van der Waals surface area contributed by atoms with E-state index in [2.05, 4.69) is 9.97 Å². The van der Waals surface area contributed by atoms with Gasteiger partial charge in [0.1, 0.15) is 11.3 Å². The van der Waals surface area contributed by atoms with Gasteiger partial charge in [-0.1, -0.05) is 12.8 Å². The van der Waals surface area contributed by atoms with Crippen LogP contribution < -0.4 is 4.90 Å². The highest BCUT2D eigenvalue weighted by molar-refractivity contribution is 5.88. The Labute approximate surface area is 109 Å². The Morgan fingerprint density at radius 2 is 1.89 bits per heavy atom. The Hall–Kier alpha value is -1.79. The van der Waals surface area contributed by atoms with Crippen molar-refractivity contribution in [3.8, 4) is 0 Å². The zero-order valence-corrected chi connectivity index (χ0v) is 10.4. The van der Waals surface area contributed by atoms with Crippen molar-refractivity contribution >= 4 is 11.9 Å². The van der Waals surface area contributed by atoms with E-state index >= 15 is 0 Å². The SMILES string of the molecule is O=C(O)c1cnc(N2CCCCCC2)nc1C(F)F. The number of anilines is 1. The Morgan fingerprint density at radius 3 is 2.42 bits per heavy atom. The molecule has 1 aromatic heterocycles. The van der Waals surface area contributed by atoms with Crippen molar-refractivity contribution in [1.29, 1.82) is 0 Å². The third-order valence-corrected chi connectivity index (χ3v) is 3.13. The fourth-order valence-corrected chi connectivity index (χ4v) is 2.14. The third kappa shape index (κ3) is 3.15. The molecule has 0 radical (unpaired) electrons. The highest BCUT2D eigenvalue weighted by atomic mass is 19.3. The first-order chi connectivity index (χ1) is 9.09. The highest BCUT2D eigenvalue weighted by Crippen LogP contribution is 2.23. The number of alkyl halides is 2. The van der Waals surface area contributed by atoms with Crippen LogP contribution in [-0.4, -0.2) is 34.1 Å². The normalized spacial score (nSPS) is 16.5. The number of hydrogen-bond donors (Lipinski definition) is 1. The van der Waals surface area contributed by atoms with Gasteiger partial charge >= 0.3 is 5.97 Å². The van der Waals surface area contributed by atoms with Crippen LogP contribution in [-0.2, 0) is 0 Å². The number of halogens is 2. The van der Waals surface area contributed by atoms with Crippen molar-refractivity contribution in [3.63, 3.8) is 0 Å². The average molecular weight is 271 g/mol. The van der Waals surface area contributed by atoms with E-state index in [-0.39, 0.29) is 5.95 Å². The largest absolute Gasteiger partial charge is 0.478 e. The summed E-state index contributed by atoms with van der Waals surface area (Å²) in [5.74, 6) is -1.24. The van der Waals surface area contributed by atoms with Crippen molar-refractivity contribution in [1.82, 2.24) is 9.97 Å². The number of aromatic nitrogens is 2. The van der Waals surface area contributed by atoms with Gasteiger partial charge < -0.3 is 10.0 Å². The smallest absolute Gasteiger partial charge is 0.339 e. The summed E-state index contributed by atoms with van der Waals surface area (Å²) >= 11 is 0. The second-order valence-corrected chi connectivity index (χ2v) is 4.48. The maximum absolute atomic E-state index is 12.8. The van der Waals surface area contributed by atoms with Crippen LogP contribution in [0.25, 0.3) is 0 Å². The Bertz CT molecular complexity index is 460. The summed E-state index contributed by atoms with van der Waals surface area (Å²) in [6.45, 7) is 1.43. The topological polar surface area (TPSA) is 66.3 Å². The van der Waals surface area contributed by atoms with Gasteiger partial charge in [-0.25, -0.2) is 23.5 Å². The number of aromatic carboxylic acids is 1. The van der Waals surface area contributed by atoms with Crippen LogP contribution in [0.15, 0.2) is 6.20 Å². The summed E-state index contributed by atoms with van der Waals surface area (Å²) in [7, 11) is 0. The molecule has 0 aromatic carbocycles. The maximum atomic E-state index is 12.8. The van der Waals surface area contributed by atoms with E-state index in [9.17, 15) is 13.6 Å². The van der Waals surface area contributed by atoms with E-state index in [1.54, 1.807) is 0 Å². The van der Waals surface area contributed by atoms with Gasteiger partial charge in [-0.3, -0.25) is 0 Å². The number of hydrogen-bond acceptors (Lipinski definition) is 4. The van der Waals surface area contributed by atoms with E-state index in [1.165, 1.54) is 0 Å². The summed E-state index contributed by atoms with van der Waals surface area (Å²) in [6.07, 6.45) is 2.19. The molecule has 0 unspecified atom stereocenters. The monoisotopic (exact) mass is 271 g/mol. The fraction of sp³-hybridized carbons (Fsp3) is 0.583. The molecular weight excluding hydrogens is 256 g/mol. The summed E-state index contributed by atoms with van der Waals surface area (Å²) in [4.78, 5) is 20.3. The van der Waals surface area contributed by atoms with Crippen LogP contribution in [0.4, 0.5) is 14.7 Å². The first-order valence-electron chi connectivity index (χ1n) is 6.23. The first kappa shape index (κ1) is 13.6. The van der Waals surface area contributed by atoms with Crippen molar-refractivity contribution in [2.24, 2.45) is 0 Å². The number of carbonyl (C=O) groups is 1. The maximum Gasteiger partial charge on any atom is 0.339 e. The molecule has 1 aromatic rings. The van der Waals surface area contributed by atoms with Crippen LogP contribution in [0, 0.1) is 0 Å². The molecule has 104 valence electrons. The van der Waals surface area contributed by atoms with Crippen LogP contribution in [0.3, 0.4) is 0 Å². The lowest BCUT2D eigenvalue weighted by Gasteiger charge is -2.20. The van der Waals surface area contributed by atoms with Gasteiger partial charge in [-0.15, -0.1) is 0 Å². The fourth-order valence-electron chi connectivity index (χ4n) is 2.14. The van der Waals surface area contributed by atoms with Crippen LogP contribution in [0.1, 0.15) is 48.2 Å². The van der Waals surface area contributed by atoms with Crippen LogP contribution in [0.5, 0.6) is 0 Å². The van der Waals surface area contributed by atoms with Gasteiger partial charge in [0.2, 0.25) is 5.95 Å². The van der Waals surface area contributed by atoms with Crippen molar-refractivity contribution in [2.75, 3.05) is 18.0 Å². The zero-order valence-electron chi connectivity index (χ0n) is 10.4.